The van der Waals surface area contributed by atoms with Gasteiger partial charge in [-0.3, -0.25) is 4.79 Å². The predicted octanol–water partition coefficient (Wildman–Crippen LogP) is 5.00. The third kappa shape index (κ3) is 5.55. The lowest BCUT2D eigenvalue weighted by Crippen LogP contribution is -2.31. The van der Waals surface area contributed by atoms with Crippen molar-refractivity contribution in [2.24, 2.45) is 16.7 Å². The molecule has 0 aromatic rings. The van der Waals surface area contributed by atoms with Crippen molar-refractivity contribution in [2.75, 3.05) is 0 Å². The van der Waals surface area contributed by atoms with Crippen molar-refractivity contribution < 1.29 is 9.53 Å². The average Bonchev–Trinajstić information content (AvgIpc) is 3.05. The second kappa shape index (κ2) is 6.60. The molecule has 1 saturated heterocycles. The van der Waals surface area contributed by atoms with Crippen LogP contribution >= 0.6 is 0 Å². The summed E-state index contributed by atoms with van der Waals surface area (Å²) in [5, 5.41) is 0. The van der Waals surface area contributed by atoms with E-state index in [9.17, 15) is 4.79 Å². The topological polar surface area (TPSA) is 29.6 Å². The largest absolute Gasteiger partial charge is 0.370 e. The SMILES string of the molecule is CC(=O)C1(C)CCC2OC2C1.CCC(C)CC(C)(C)C. The maximum atomic E-state index is 11.2. The molecule has 2 fully saturated rings. The lowest BCUT2D eigenvalue weighted by atomic mass is 9.73. The number of rotatable bonds is 3. The summed E-state index contributed by atoms with van der Waals surface area (Å²) in [5.41, 5.74) is 0.451. The monoisotopic (exact) mass is 282 g/mol. The molecule has 20 heavy (non-hydrogen) atoms. The van der Waals surface area contributed by atoms with Crippen LogP contribution in [0.1, 0.15) is 80.6 Å². The molecule has 1 aliphatic carbocycles. The van der Waals surface area contributed by atoms with E-state index in [4.69, 9.17) is 4.74 Å². The van der Waals surface area contributed by atoms with Crippen LogP contribution in [0.3, 0.4) is 0 Å². The Balaban J connectivity index is 0.000000206. The van der Waals surface area contributed by atoms with Crippen LogP contribution in [-0.4, -0.2) is 18.0 Å². The first-order valence-electron chi connectivity index (χ1n) is 8.24. The second-order valence-corrected chi connectivity index (χ2v) is 8.35. The molecule has 4 atom stereocenters. The van der Waals surface area contributed by atoms with Crippen LogP contribution in [0.15, 0.2) is 0 Å². The molecular weight excluding hydrogens is 248 g/mol. The first kappa shape index (κ1) is 17.7. The van der Waals surface area contributed by atoms with Gasteiger partial charge in [0.25, 0.3) is 0 Å². The Morgan fingerprint density at radius 3 is 2.30 bits per heavy atom. The summed E-state index contributed by atoms with van der Waals surface area (Å²) >= 11 is 0. The maximum absolute atomic E-state index is 11.2. The minimum absolute atomic E-state index is 0.0718. The number of ketones is 1. The Hall–Kier alpha value is -0.370. The Kier molecular flexibility index (Phi) is 5.83. The lowest BCUT2D eigenvalue weighted by Gasteiger charge is -2.28. The van der Waals surface area contributed by atoms with Gasteiger partial charge in [0.05, 0.1) is 12.2 Å². The van der Waals surface area contributed by atoms with Gasteiger partial charge >= 0.3 is 0 Å². The molecule has 2 heteroatoms. The van der Waals surface area contributed by atoms with Crippen LogP contribution in [0.25, 0.3) is 0 Å². The Morgan fingerprint density at radius 1 is 1.35 bits per heavy atom. The first-order valence-corrected chi connectivity index (χ1v) is 8.24. The number of epoxide rings is 1. The number of Topliss-reactive ketones (excluding diaryl/α,β-unsaturated/α-hetero) is 1. The summed E-state index contributed by atoms with van der Waals surface area (Å²) in [4.78, 5) is 11.2. The second-order valence-electron chi connectivity index (χ2n) is 8.35. The smallest absolute Gasteiger partial charge is 0.135 e. The van der Waals surface area contributed by atoms with Crippen molar-refractivity contribution in [2.45, 2.75) is 92.8 Å². The summed E-state index contributed by atoms with van der Waals surface area (Å²) < 4.78 is 5.37. The summed E-state index contributed by atoms with van der Waals surface area (Å²) in [6, 6.07) is 0. The highest BCUT2D eigenvalue weighted by Crippen LogP contribution is 2.46. The Labute approximate surface area is 125 Å². The van der Waals surface area contributed by atoms with Crippen LogP contribution in [0.4, 0.5) is 0 Å². The van der Waals surface area contributed by atoms with Gasteiger partial charge in [-0.2, -0.15) is 0 Å². The molecule has 0 amide bonds. The molecular formula is C18H34O2. The predicted molar refractivity (Wildman–Crippen MR) is 84.8 cm³/mol. The summed E-state index contributed by atoms with van der Waals surface area (Å²) in [5.74, 6) is 1.22. The van der Waals surface area contributed by atoms with Gasteiger partial charge in [-0.1, -0.05) is 48.0 Å². The van der Waals surface area contributed by atoms with Gasteiger partial charge in [-0.15, -0.1) is 0 Å². The third-order valence-corrected chi connectivity index (χ3v) is 4.83. The van der Waals surface area contributed by atoms with Gasteiger partial charge in [0.2, 0.25) is 0 Å². The molecule has 0 aromatic heterocycles. The van der Waals surface area contributed by atoms with Crippen molar-refractivity contribution in [1.29, 1.82) is 0 Å². The van der Waals surface area contributed by atoms with Gasteiger partial charge in [-0.25, -0.2) is 0 Å². The minimum atomic E-state index is -0.0718. The maximum Gasteiger partial charge on any atom is 0.135 e. The molecule has 2 rings (SSSR count). The molecule has 0 radical (unpaired) electrons. The molecule has 0 N–H and O–H groups in total. The number of ether oxygens (including phenoxy) is 1. The summed E-state index contributed by atoms with van der Waals surface area (Å²) in [6.07, 6.45) is 6.64. The minimum Gasteiger partial charge on any atom is -0.370 e. The van der Waals surface area contributed by atoms with E-state index in [-0.39, 0.29) is 5.41 Å². The summed E-state index contributed by atoms with van der Waals surface area (Å²) in [6.45, 7) is 15.3. The molecule has 1 heterocycles. The fourth-order valence-electron chi connectivity index (χ4n) is 3.13. The van der Waals surface area contributed by atoms with Crippen molar-refractivity contribution in [1.82, 2.24) is 0 Å². The van der Waals surface area contributed by atoms with E-state index in [1.165, 1.54) is 12.8 Å². The molecule has 0 aromatic carbocycles. The molecule has 1 aliphatic heterocycles. The number of fused-ring (bicyclic) bond motifs is 1. The van der Waals surface area contributed by atoms with E-state index < -0.39 is 0 Å². The number of hydrogen-bond donors (Lipinski definition) is 0. The highest BCUT2D eigenvalue weighted by molar-refractivity contribution is 5.82. The zero-order valence-electron chi connectivity index (χ0n) is 14.6. The van der Waals surface area contributed by atoms with Crippen LogP contribution in [-0.2, 0) is 9.53 Å². The number of carbonyl (C=O) groups is 1. The van der Waals surface area contributed by atoms with E-state index >= 15 is 0 Å². The van der Waals surface area contributed by atoms with E-state index in [0.29, 0.717) is 23.4 Å². The van der Waals surface area contributed by atoms with E-state index in [2.05, 4.69) is 41.5 Å². The van der Waals surface area contributed by atoms with Crippen molar-refractivity contribution in [3.63, 3.8) is 0 Å². The normalized spacial score (nSPS) is 33.5. The zero-order valence-corrected chi connectivity index (χ0v) is 14.6. The third-order valence-electron chi connectivity index (χ3n) is 4.83. The molecule has 2 nitrogen and oxygen atoms in total. The zero-order chi connectivity index (χ0) is 15.6. The Morgan fingerprint density at radius 2 is 1.95 bits per heavy atom. The van der Waals surface area contributed by atoms with Crippen LogP contribution in [0.2, 0.25) is 0 Å². The van der Waals surface area contributed by atoms with Crippen molar-refractivity contribution in [3.8, 4) is 0 Å². The quantitative estimate of drug-likeness (QED) is 0.682. The summed E-state index contributed by atoms with van der Waals surface area (Å²) in [7, 11) is 0. The average molecular weight is 282 g/mol. The van der Waals surface area contributed by atoms with Gasteiger partial charge in [-0.05, 0) is 43.9 Å². The highest BCUT2D eigenvalue weighted by atomic mass is 16.6. The fraction of sp³-hybridized carbons (Fsp3) is 0.944. The van der Waals surface area contributed by atoms with Crippen molar-refractivity contribution in [3.05, 3.63) is 0 Å². The van der Waals surface area contributed by atoms with Gasteiger partial charge in [0.1, 0.15) is 5.78 Å². The van der Waals surface area contributed by atoms with E-state index in [1.54, 1.807) is 6.92 Å². The molecule has 0 bridgehead atoms. The molecule has 2 aliphatic rings. The molecule has 0 spiro atoms. The van der Waals surface area contributed by atoms with E-state index in [0.717, 1.165) is 25.2 Å². The standard InChI is InChI=1S/C9H14O2.C9H20/c1-6(10)9(2)4-3-7-8(5-9)11-7;1-6-8(2)7-9(3,4)5/h7-8H,3-5H2,1-2H3;8H,6-7H2,1-5H3. The Bertz CT molecular complexity index is 329. The molecule has 118 valence electrons. The molecule has 4 unspecified atom stereocenters. The number of hydrogen-bond acceptors (Lipinski definition) is 2. The van der Waals surface area contributed by atoms with Gasteiger partial charge in [0.15, 0.2) is 0 Å². The lowest BCUT2D eigenvalue weighted by molar-refractivity contribution is -0.127. The van der Waals surface area contributed by atoms with Gasteiger partial charge in [0, 0.05) is 5.41 Å². The number of carbonyl (C=O) groups excluding carboxylic acids is 1. The van der Waals surface area contributed by atoms with Crippen LogP contribution in [0, 0.1) is 16.7 Å². The fourth-order valence-corrected chi connectivity index (χ4v) is 3.13. The van der Waals surface area contributed by atoms with Crippen LogP contribution < -0.4 is 0 Å². The van der Waals surface area contributed by atoms with E-state index in [1.807, 2.05) is 0 Å². The van der Waals surface area contributed by atoms with Crippen molar-refractivity contribution >= 4 is 5.78 Å². The van der Waals surface area contributed by atoms with Crippen LogP contribution in [0.5, 0.6) is 0 Å². The molecule has 1 saturated carbocycles. The first-order chi connectivity index (χ1) is 9.07. The van der Waals surface area contributed by atoms with Gasteiger partial charge < -0.3 is 4.74 Å². The highest BCUT2D eigenvalue weighted by Gasteiger charge is 2.50.